The topological polar surface area (TPSA) is 54.2 Å². The van der Waals surface area contributed by atoms with E-state index in [1.807, 2.05) is 12.1 Å². The molecule has 0 spiro atoms. The van der Waals surface area contributed by atoms with Gasteiger partial charge in [-0.3, -0.25) is 4.90 Å². The van der Waals surface area contributed by atoms with Gasteiger partial charge in [-0.25, -0.2) is 0 Å². The Morgan fingerprint density at radius 3 is 3.05 bits per heavy atom. The minimum atomic E-state index is 0.505. The van der Waals surface area contributed by atoms with E-state index in [2.05, 4.69) is 46.3 Å². The minimum Gasteiger partial charge on any atom is -0.338 e. The van der Waals surface area contributed by atoms with Crippen LogP contribution in [-0.2, 0) is 13.0 Å². The highest BCUT2D eigenvalue weighted by molar-refractivity contribution is 5.27. The summed E-state index contributed by atoms with van der Waals surface area (Å²) in [5.41, 5.74) is 2.51. The van der Waals surface area contributed by atoms with Crippen molar-refractivity contribution < 1.29 is 4.52 Å². The lowest BCUT2D eigenvalue weighted by molar-refractivity contribution is 0.146. The van der Waals surface area contributed by atoms with Crippen molar-refractivity contribution in [1.82, 2.24) is 20.4 Å². The normalized spacial score (nSPS) is 19.8. The number of nitrogens with zero attached hydrogens (tertiary/aromatic N) is 3. The van der Waals surface area contributed by atoms with Gasteiger partial charge in [0.2, 0.25) is 5.89 Å². The molecule has 3 rings (SSSR count). The van der Waals surface area contributed by atoms with Crippen molar-refractivity contribution in [3.8, 4) is 0 Å². The maximum Gasteiger partial charge on any atom is 0.240 e. The Hall–Kier alpha value is -1.72. The molecule has 1 aliphatic rings. The van der Waals surface area contributed by atoms with Crippen LogP contribution in [0.2, 0.25) is 0 Å². The Morgan fingerprint density at radius 2 is 2.24 bits per heavy atom. The Labute approximate surface area is 125 Å². The van der Waals surface area contributed by atoms with E-state index in [0.29, 0.717) is 11.9 Å². The third kappa shape index (κ3) is 3.49. The number of hydrogen-bond donors (Lipinski definition) is 1. The second-order valence-electron chi connectivity index (χ2n) is 5.73. The average Bonchev–Trinajstić information content (AvgIpc) is 2.91. The predicted molar refractivity (Wildman–Crippen MR) is 81.0 cm³/mol. The van der Waals surface area contributed by atoms with E-state index in [9.17, 15) is 0 Å². The van der Waals surface area contributed by atoms with Crippen molar-refractivity contribution in [3.63, 3.8) is 0 Å². The van der Waals surface area contributed by atoms with E-state index < -0.39 is 0 Å². The SMILES string of the molecule is Cc1ccccc1Cc1noc(CN2CCNC[C@@H]2C)n1. The monoisotopic (exact) mass is 286 g/mol. The molecule has 1 atom stereocenters. The summed E-state index contributed by atoms with van der Waals surface area (Å²) >= 11 is 0. The van der Waals surface area contributed by atoms with Gasteiger partial charge in [0.1, 0.15) is 0 Å². The molecule has 1 N–H and O–H groups in total. The summed E-state index contributed by atoms with van der Waals surface area (Å²) in [5.74, 6) is 1.48. The van der Waals surface area contributed by atoms with Crippen molar-refractivity contribution in [2.24, 2.45) is 0 Å². The summed E-state index contributed by atoms with van der Waals surface area (Å²) in [5, 5.41) is 7.50. The first kappa shape index (κ1) is 14.2. The average molecular weight is 286 g/mol. The molecule has 1 fully saturated rings. The molecule has 5 nitrogen and oxygen atoms in total. The van der Waals surface area contributed by atoms with E-state index in [1.165, 1.54) is 11.1 Å². The zero-order valence-corrected chi connectivity index (χ0v) is 12.7. The smallest absolute Gasteiger partial charge is 0.240 e. The van der Waals surface area contributed by atoms with E-state index in [0.717, 1.165) is 38.4 Å². The van der Waals surface area contributed by atoms with Gasteiger partial charge in [0.25, 0.3) is 0 Å². The van der Waals surface area contributed by atoms with Gasteiger partial charge in [-0.1, -0.05) is 29.4 Å². The van der Waals surface area contributed by atoms with E-state index in [-0.39, 0.29) is 0 Å². The van der Waals surface area contributed by atoms with E-state index >= 15 is 0 Å². The van der Waals surface area contributed by atoms with Gasteiger partial charge < -0.3 is 9.84 Å². The zero-order valence-electron chi connectivity index (χ0n) is 12.7. The molecule has 0 unspecified atom stereocenters. The Bertz CT molecular complexity index is 595. The fourth-order valence-electron chi connectivity index (χ4n) is 2.70. The highest BCUT2D eigenvalue weighted by atomic mass is 16.5. The lowest BCUT2D eigenvalue weighted by Crippen LogP contribution is -2.49. The van der Waals surface area contributed by atoms with Crippen molar-refractivity contribution in [2.75, 3.05) is 19.6 Å². The number of aryl methyl sites for hydroxylation is 1. The summed E-state index contributed by atoms with van der Waals surface area (Å²) in [6.45, 7) is 8.13. The van der Waals surface area contributed by atoms with Crippen molar-refractivity contribution >= 4 is 0 Å². The summed E-state index contributed by atoms with van der Waals surface area (Å²) in [4.78, 5) is 6.91. The molecule has 1 aliphatic heterocycles. The Balaban J connectivity index is 1.65. The molecule has 5 heteroatoms. The molecule has 0 bridgehead atoms. The number of benzene rings is 1. The molecule has 1 saturated heterocycles. The summed E-state index contributed by atoms with van der Waals surface area (Å²) in [6.07, 6.45) is 0.729. The van der Waals surface area contributed by atoms with Crippen LogP contribution in [0.3, 0.4) is 0 Å². The van der Waals surface area contributed by atoms with Crippen molar-refractivity contribution in [2.45, 2.75) is 32.9 Å². The first-order valence-corrected chi connectivity index (χ1v) is 7.53. The molecule has 0 saturated carbocycles. The van der Waals surface area contributed by atoms with Crippen LogP contribution in [0.15, 0.2) is 28.8 Å². The van der Waals surface area contributed by atoms with Crippen LogP contribution in [0.1, 0.15) is 29.8 Å². The van der Waals surface area contributed by atoms with Gasteiger partial charge >= 0.3 is 0 Å². The highest BCUT2D eigenvalue weighted by Gasteiger charge is 2.20. The Morgan fingerprint density at radius 1 is 1.38 bits per heavy atom. The van der Waals surface area contributed by atoms with Crippen LogP contribution in [0.5, 0.6) is 0 Å². The molecular formula is C16H22N4O. The van der Waals surface area contributed by atoms with E-state index in [4.69, 9.17) is 4.52 Å². The predicted octanol–water partition coefficient (Wildman–Crippen LogP) is 1.76. The van der Waals surface area contributed by atoms with Crippen molar-refractivity contribution in [1.29, 1.82) is 0 Å². The standard InChI is InChI=1S/C16H22N4O/c1-12-5-3-4-6-14(12)9-15-18-16(21-19-15)11-20-8-7-17-10-13(20)2/h3-6,13,17H,7-11H2,1-2H3/t13-/m0/s1. The van der Waals surface area contributed by atoms with Crippen LogP contribution in [0.4, 0.5) is 0 Å². The molecule has 1 aromatic carbocycles. The van der Waals surface area contributed by atoms with Crippen LogP contribution in [0, 0.1) is 6.92 Å². The van der Waals surface area contributed by atoms with Gasteiger partial charge in [0, 0.05) is 32.1 Å². The lowest BCUT2D eigenvalue weighted by Gasteiger charge is -2.32. The van der Waals surface area contributed by atoms with E-state index in [1.54, 1.807) is 0 Å². The molecule has 0 aliphatic carbocycles. The number of aromatic nitrogens is 2. The first-order valence-electron chi connectivity index (χ1n) is 7.53. The molecule has 0 amide bonds. The molecule has 0 radical (unpaired) electrons. The summed E-state index contributed by atoms with van der Waals surface area (Å²) in [7, 11) is 0. The van der Waals surface area contributed by atoms with Gasteiger partial charge in [-0.05, 0) is 25.0 Å². The second-order valence-corrected chi connectivity index (χ2v) is 5.73. The summed E-state index contributed by atoms with van der Waals surface area (Å²) in [6, 6.07) is 8.82. The number of rotatable bonds is 4. The van der Waals surface area contributed by atoms with Gasteiger partial charge in [-0.15, -0.1) is 0 Å². The molecule has 112 valence electrons. The number of hydrogen-bond acceptors (Lipinski definition) is 5. The molecule has 1 aromatic heterocycles. The van der Waals surface area contributed by atoms with Crippen molar-refractivity contribution in [3.05, 3.63) is 47.1 Å². The highest BCUT2D eigenvalue weighted by Crippen LogP contribution is 2.13. The maximum absolute atomic E-state index is 5.40. The molecule has 21 heavy (non-hydrogen) atoms. The fourth-order valence-corrected chi connectivity index (χ4v) is 2.70. The summed E-state index contributed by atoms with van der Waals surface area (Å²) < 4.78 is 5.40. The Kier molecular flexibility index (Phi) is 4.31. The van der Waals surface area contributed by atoms with Crippen LogP contribution in [0.25, 0.3) is 0 Å². The van der Waals surface area contributed by atoms with Gasteiger partial charge in [0.05, 0.1) is 6.54 Å². The fraction of sp³-hybridized carbons (Fsp3) is 0.500. The molecular weight excluding hydrogens is 264 g/mol. The maximum atomic E-state index is 5.40. The van der Waals surface area contributed by atoms with Gasteiger partial charge in [-0.2, -0.15) is 4.98 Å². The molecule has 2 heterocycles. The minimum absolute atomic E-state index is 0.505. The van der Waals surface area contributed by atoms with Crippen LogP contribution >= 0.6 is 0 Å². The quantitative estimate of drug-likeness (QED) is 0.928. The largest absolute Gasteiger partial charge is 0.338 e. The molecule has 2 aromatic rings. The number of piperazine rings is 1. The third-order valence-electron chi connectivity index (χ3n) is 4.10. The zero-order chi connectivity index (χ0) is 14.7. The second kappa shape index (κ2) is 6.37. The third-order valence-corrected chi connectivity index (χ3v) is 4.10. The van der Waals surface area contributed by atoms with Gasteiger partial charge in [0.15, 0.2) is 5.82 Å². The van der Waals surface area contributed by atoms with Crippen LogP contribution in [-0.4, -0.2) is 40.7 Å². The first-order chi connectivity index (χ1) is 10.2. The lowest BCUT2D eigenvalue weighted by atomic mass is 10.1. The van der Waals surface area contributed by atoms with Crippen LogP contribution < -0.4 is 5.32 Å². The number of nitrogens with one attached hydrogen (secondary N) is 1.